The number of nitrogens with one attached hydrogen (secondary N) is 2. The molecular formula is C25H32N4O6S. The topological polar surface area (TPSA) is 129 Å². The number of quaternary nitrogens is 1. The van der Waals surface area contributed by atoms with Gasteiger partial charge in [0.15, 0.2) is 0 Å². The number of fused-ring (bicyclic) bond motifs is 3. The molecule has 2 aromatic rings. The summed E-state index contributed by atoms with van der Waals surface area (Å²) in [6.07, 6.45) is 9.48. The molecule has 1 aromatic carbocycles. The highest BCUT2D eigenvalue weighted by atomic mass is 32.2. The highest BCUT2D eigenvalue weighted by Gasteiger charge is 2.43. The number of rotatable bonds is 5. The Balaban J connectivity index is 1.33. The van der Waals surface area contributed by atoms with Crippen molar-refractivity contribution in [3.05, 3.63) is 44.8 Å². The lowest BCUT2D eigenvalue weighted by Crippen LogP contribution is -3.14. The summed E-state index contributed by atoms with van der Waals surface area (Å²) >= 11 is 0. The second-order valence-corrected chi connectivity index (χ2v) is 12.0. The molecule has 0 bridgehead atoms. The maximum atomic E-state index is 13.8. The number of ether oxygens (including phenoxy) is 1. The van der Waals surface area contributed by atoms with Crippen LogP contribution in [-0.2, 0) is 53.5 Å². The van der Waals surface area contributed by atoms with E-state index in [2.05, 4.69) is 16.5 Å². The zero-order valence-corrected chi connectivity index (χ0v) is 21.1. The number of urea groups is 1. The van der Waals surface area contributed by atoms with Crippen LogP contribution in [0.4, 0.5) is 16.4 Å². The molecule has 1 atom stereocenters. The summed E-state index contributed by atoms with van der Waals surface area (Å²) in [4.78, 5) is 13.3. The van der Waals surface area contributed by atoms with Gasteiger partial charge in [0.2, 0.25) is 5.88 Å². The van der Waals surface area contributed by atoms with E-state index in [9.17, 15) is 18.4 Å². The number of amides is 2. The molecule has 2 N–H and O–H groups in total. The molecule has 1 saturated heterocycles. The van der Waals surface area contributed by atoms with Gasteiger partial charge in [-0.2, -0.15) is 17.2 Å². The van der Waals surface area contributed by atoms with E-state index in [1.54, 1.807) is 0 Å². The number of nitrogens with zero attached hydrogens (tertiary/aromatic N) is 2. The Morgan fingerprint density at radius 2 is 1.61 bits per heavy atom. The molecule has 36 heavy (non-hydrogen) atoms. The second kappa shape index (κ2) is 9.44. The summed E-state index contributed by atoms with van der Waals surface area (Å²) in [5.41, 5.74) is 6.58. The second-order valence-electron chi connectivity index (χ2n) is 10.2. The van der Waals surface area contributed by atoms with Crippen LogP contribution < -0.4 is 14.1 Å². The van der Waals surface area contributed by atoms with Crippen molar-refractivity contribution in [1.82, 2.24) is 5.16 Å². The van der Waals surface area contributed by atoms with Gasteiger partial charge in [0.05, 0.1) is 17.4 Å². The van der Waals surface area contributed by atoms with Crippen molar-refractivity contribution in [3.8, 4) is 0 Å². The van der Waals surface area contributed by atoms with E-state index in [-0.39, 0.29) is 5.88 Å². The van der Waals surface area contributed by atoms with E-state index < -0.39 is 26.8 Å². The summed E-state index contributed by atoms with van der Waals surface area (Å²) in [5.74, 6) is 0.0826. The molecule has 1 aliphatic heterocycles. The monoisotopic (exact) mass is 516 g/mol. The molecule has 2 heterocycles. The van der Waals surface area contributed by atoms with E-state index in [0.29, 0.717) is 44.6 Å². The third-order valence-corrected chi connectivity index (χ3v) is 9.69. The number of hydrogen-bond acceptors (Lipinski definition) is 7. The van der Waals surface area contributed by atoms with Crippen molar-refractivity contribution in [2.75, 3.05) is 22.8 Å². The zero-order chi connectivity index (χ0) is 24.9. The van der Waals surface area contributed by atoms with Gasteiger partial charge in [-0.05, 0) is 99.3 Å². The maximum absolute atomic E-state index is 13.8. The summed E-state index contributed by atoms with van der Waals surface area (Å²) in [6, 6.07) is 0.568. The molecule has 1 aromatic heterocycles. The fourth-order valence-electron chi connectivity index (χ4n) is 6.28. The van der Waals surface area contributed by atoms with Crippen molar-refractivity contribution in [2.45, 2.75) is 83.1 Å². The Morgan fingerprint density at radius 1 is 0.972 bits per heavy atom. The molecule has 3 aliphatic carbocycles. The van der Waals surface area contributed by atoms with Gasteiger partial charge in [0.25, 0.3) is 0 Å². The average molecular weight is 517 g/mol. The van der Waals surface area contributed by atoms with Crippen molar-refractivity contribution in [3.63, 3.8) is 0 Å². The molecule has 10 nitrogen and oxygen atoms in total. The minimum absolute atomic E-state index is 0.0826. The lowest BCUT2D eigenvalue weighted by molar-refractivity contribution is -0.604. The van der Waals surface area contributed by atoms with Crippen LogP contribution in [0.15, 0.2) is 10.6 Å². The van der Waals surface area contributed by atoms with Gasteiger partial charge >= 0.3 is 16.2 Å². The van der Waals surface area contributed by atoms with E-state index in [0.717, 1.165) is 78.1 Å². The van der Waals surface area contributed by atoms with E-state index in [1.807, 2.05) is 0 Å². The van der Waals surface area contributed by atoms with Crippen molar-refractivity contribution < 1.29 is 26.9 Å². The normalized spacial score (nSPS) is 20.5. The number of hydroxylamine groups is 1. The van der Waals surface area contributed by atoms with Crippen LogP contribution in [0.5, 0.6) is 0 Å². The number of aryl methyl sites for hydroxylation is 3. The Morgan fingerprint density at radius 3 is 2.31 bits per heavy atom. The molecule has 0 spiro atoms. The standard InChI is InChI=1S/C25H32N4O6S/c30-25(26-23-19-8-3-5-16(19)15-17-6-4-9-20(17)23)29(31)36(32,33)28(18-11-13-34-14-12-18)24-21-7-1-2-10-22(21)27-35-24/h15,18,29H,1-14H2,(H,26,30). The number of benzene rings is 1. The van der Waals surface area contributed by atoms with Gasteiger partial charge in [-0.1, -0.05) is 11.2 Å². The van der Waals surface area contributed by atoms with Crippen LogP contribution in [0, 0.1) is 5.21 Å². The van der Waals surface area contributed by atoms with Crippen LogP contribution in [0.2, 0.25) is 0 Å². The zero-order valence-electron chi connectivity index (χ0n) is 20.3. The molecule has 0 saturated carbocycles. The summed E-state index contributed by atoms with van der Waals surface area (Å²) in [6.45, 7) is 0.741. The minimum atomic E-state index is -4.71. The van der Waals surface area contributed by atoms with E-state index >= 15 is 0 Å². The fourth-order valence-corrected chi connectivity index (χ4v) is 7.71. The Kier molecular flexibility index (Phi) is 6.27. The minimum Gasteiger partial charge on any atom is -0.608 e. The van der Waals surface area contributed by atoms with Crippen LogP contribution >= 0.6 is 0 Å². The van der Waals surface area contributed by atoms with Crippen LogP contribution in [0.25, 0.3) is 0 Å². The summed E-state index contributed by atoms with van der Waals surface area (Å²) in [5, 5.41) is 20.2. The first-order valence-corrected chi connectivity index (χ1v) is 14.5. The first-order chi connectivity index (χ1) is 17.4. The predicted molar refractivity (Wildman–Crippen MR) is 132 cm³/mol. The molecule has 11 heteroatoms. The lowest BCUT2D eigenvalue weighted by Gasteiger charge is -2.35. The van der Waals surface area contributed by atoms with Gasteiger partial charge in [-0.3, -0.25) is 5.32 Å². The van der Waals surface area contributed by atoms with Crippen LogP contribution in [-0.4, -0.2) is 38.9 Å². The molecular weight excluding hydrogens is 484 g/mol. The third kappa shape index (κ3) is 4.02. The van der Waals surface area contributed by atoms with Gasteiger partial charge < -0.3 is 14.5 Å². The Hall–Kier alpha value is -2.47. The number of hydrogen-bond donors (Lipinski definition) is 2. The SMILES string of the molecule is O=C(Nc1c2c(cc3c1CCC3)CCC2)[NH+]([O-])S(=O)(=O)N(c1onc2c1CCCC2)C1CCOCC1. The van der Waals surface area contributed by atoms with Gasteiger partial charge in [-0.15, -0.1) is 0 Å². The fraction of sp³-hybridized carbons (Fsp3) is 0.600. The highest BCUT2D eigenvalue weighted by molar-refractivity contribution is 7.86. The first kappa shape index (κ1) is 23.9. The molecule has 4 aliphatic rings. The van der Waals surface area contributed by atoms with Crippen LogP contribution in [0.3, 0.4) is 0 Å². The quantitative estimate of drug-likeness (QED) is 0.584. The predicted octanol–water partition coefficient (Wildman–Crippen LogP) is 2.38. The van der Waals surface area contributed by atoms with Crippen molar-refractivity contribution >= 4 is 27.8 Å². The first-order valence-electron chi connectivity index (χ1n) is 13.1. The molecule has 1 fully saturated rings. The number of carbonyl (C=O) groups excluding carboxylic acids is 1. The number of carbonyl (C=O) groups is 1. The van der Waals surface area contributed by atoms with Crippen molar-refractivity contribution in [1.29, 1.82) is 0 Å². The van der Waals surface area contributed by atoms with Gasteiger partial charge in [-0.25, -0.2) is 4.79 Å². The Bertz CT molecular complexity index is 1250. The van der Waals surface area contributed by atoms with E-state index in [1.165, 1.54) is 11.1 Å². The summed E-state index contributed by atoms with van der Waals surface area (Å²) in [7, 11) is -4.71. The largest absolute Gasteiger partial charge is 0.608 e. The lowest BCUT2D eigenvalue weighted by atomic mass is 9.97. The highest BCUT2D eigenvalue weighted by Crippen LogP contribution is 2.39. The number of aromatic nitrogens is 1. The van der Waals surface area contributed by atoms with Crippen LogP contribution in [0.1, 0.15) is 72.0 Å². The third-order valence-electron chi connectivity index (χ3n) is 8.05. The molecule has 0 radical (unpaired) electrons. The molecule has 2 amide bonds. The molecule has 6 rings (SSSR count). The number of anilines is 2. The smallest absolute Gasteiger partial charge is 0.436 e. The molecule has 1 unspecified atom stereocenters. The van der Waals surface area contributed by atoms with Gasteiger partial charge in [0, 0.05) is 18.8 Å². The molecule has 194 valence electrons. The summed E-state index contributed by atoms with van der Waals surface area (Å²) < 4.78 is 38.2. The van der Waals surface area contributed by atoms with E-state index in [4.69, 9.17) is 9.26 Å². The Labute approximate surface area is 210 Å². The van der Waals surface area contributed by atoms with Gasteiger partial charge in [0.1, 0.15) is 0 Å². The van der Waals surface area contributed by atoms with Crippen molar-refractivity contribution in [2.24, 2.45) is 0 Å². The average Bonchev–Trinajstić information content (AvgIpc) is 3.64. The maximum Gasteiger partial charge on any atom is 0.436 e.